The van der Waals surface area contributed by atoms with Crippen LogP contribution in [-0.2, 0) is 14.8 Å². The van der Waals surface area contributed by atoms with Gasteiger partial charge < -0.3 is 9.72 Å². The summed E-state index contributed by atoms with van der Waals surface area (Å²) in [6.45, 7) is 6.98. The number of nitrogens with zero attached hydrogens (tertiary/aromatic N) is 2. The lowest BCUT2D eigenvalue weighted by Gasteiger charge is -2.33. The molecule has 0 unspecified atom stereocenters. The molecule has 1 aromatic heterocycles. The van der Waals surface area contributed by atoms with Gasteiger partial charge in [0.15, 0.2) is 5.78 Å². The number of ketones is 1. The maximum Gasteiger partial charge on any atom is 0.340 e. The molecule has 1 N–H and O–H groups in total. The van der Waals surface area contributed by atoms with Crippen molar-refractivity contribution >= 4 is 33.4 Å². The van der Waals surface area contributed by atoms with Crippen molar-refractivity contribution in [3.63, 3.8) is 0 Å². The van der Waals surface area contributed by atoms with Gasteiger partial charge in [-0.25, -0.2) is 13.2 Å². The summed E-state index contributed by atoms with van der Waals surface area (Å²) in [4.78, 5) is 30.1. The summed E-state index contributed by atoms with van der Waals surface area (Å²) in [5.74, 6) is -0.602. The number of H-pyrrole nitrogens is 1. The number of ether oxygens (including phenoxy) is 1. The number of piperazine rings is 1. The van der Waals surface area contributed by atoms with Crippen molar-refractivity contribution in [1.29, 1.82) is 0 Å². The van der Waals surface area contributed by atoms with E-state index in [2.05, 4.69) is 4.98 Å². The zero-order valence-corrected chi connectivity index (χ0v) is 19.3. The molecule has 0 aliphatic carbocycles. The Morgan fingerprint density at radius 2 is 1.84 bits per heavy atom. The molecule has 1 aromatic carbocycles. The SMILES string of the molecule is CCOC(=O)c1c(C)[nH]c(C(=O)CN2CCN(S(=O)(=O)c3cccc(Cl)c3)CC2)c1C. The first-order chi connectivity index (χ1) is 14.6. The van der Waals surface area contributed by atoms with Crippen molar-refractivity contribution in [2.24, 2.45) is 0 Å². The highest BCUT2D eigenvalue weighted by molar-refractivity contribution is 7.89. The summed E-state index contributed by atoms with van der Waals surface area (Å²) in [7, 11) is -3.63. The topological polar surface area (TPSA) is 99.8 Å². The van der Waals surface area contributed by atoms with Crippen molar-refractivity contribution < 1.29 is 22.7 Å². The highest BCUT2D eigenvalue weighted by Crippen LogP contribution is 2.22. The van der Waals surface area contributed by atoms with Crippen LogP contribution in [0.15, 0.2) is 29.2 Å². The summed E-state index contributed by atoms with van der Waals surface area (Å²) in [6, 6.07) is 6.19. The zero-order chi connectivity index (χ0) is 22.8. The normalized spacial score (nSPS) is 15.7. The molecule has 3 rings (SSSR count). The van der Waals surface area contributed by atoms with Gasteiger partial charge in [-0.2, -0.15) is 4.31 Å². The molecule has 8 nitrogen and oxygen atoms in total. The predicted octanol–water partition coefficient (Wildman–Crippen LogP) is 2.65. The van der Waals surface area contributed by atoms with Crippen molar-refractivity contribution in [2.45, 2.75) is 25.7 Å². The number of nitrogens with one attached hydrogen (secondary N) is 1. The monoisotopic (exact) mass is 467 g/mol. The molecule has 168 valence electrons. The van der Waals surface area contributed by atoms with Gasteiger partial charge in [0.1, 0.15) is 0 Å². The van der Waals surface area contributed by atoms with Gasteiger partial charge in [-0.3, -0.25) is 9.69 Å². The van der Waals surface area contributed by atoms with Crippen LogP contribution in [0.1, 0.15) is 39.0 Å². The average Bonchev–Trinajstić information content (AvgIpc) is 3.03. The number of hydrogen-bond acceptors (Lipinski definition) is 6. The van der Waals surface area contributed by atoms with Gasteiger partial charge in [0, 0.05) is 36.9 Å². The fourth-order valence-electron chi connectivity index (χ4n) is 3.72. The molecule has 0 radical (unpaired) electrons. The lowest BCUT2D eigenvalue weighted by atomic mass is 10.1. The molecule has 2 heterocycles. The molecule has 0 amide bonds. The number of hydrogen-bond donors (Lipinski definition) is 1. The lowest BCUT2D eigenvalue weighted by molar-refractivity contribution is 0.0525. The largest absolute Gasteiger partial charge is 0.462 e. The van der Waals surface area contributed by atoms with E-state index in [1.807, 2.05) is 4.90 Å². The predicted molar refractivity (Wildman–Crippen MR) is 117 cm³/mol. The van der Waals surface area contributed by atoms with Crippen LogP contribution in [0.2, 0.25) is 5.02 Å². The van der Waals surface area contributed by atoms with E-state index >= 15 is 0 Å². The van der Waals surface area contributed by atoms with E-state index in [0.717, 1.165) is 0 Å². The second kappa shape index (κ2) is 9.52. The van der Waals surface area contributed by atoms with Crippen LogP contribution < -0.4 is 0 Å². The van der Waals surface area contributed by atoms with E-state index in [4.69, 9.17) is 16.3 Å². The molecule has 31 heavy (non-hydrogen) atoms. The summed E-state index contributed by atoms with van der Waals surface area (Å²) in [5, 5.41) is 0.365. The Balaban J connectivity index is 1.64. The summed E-state index contributed by atoms with van der Waals surface area (Å²) in [5.41, 5.74) is 1.94. The molecule has 1 fully saturated rings. The zero-order valence-electron chi connectivity index (χ0n) is 17.8. The number of carbonyl (C=O) groups excluding carboxylic acids is 2. The van der Waals surface area contributed by atoms with E-state index in [1.54, 1.807) is 32.9 Å². The highest BCUT2D eigenvalue weighted by atomic mass is 35.5. The third-order valence-corrected chi connectivity index (χ3v) is 7.46. The summed E-state index contributed by atoms with van der Waals surface area (Å²) < 4.78 is 32.1. The number of sulfonamides is 1. The van der Waals surface area contributed by atoms with E-state index in [9.17, 15) is 18.0 Å². The molecule has 2 aromatic rings. The first-order valence-electron chi connectivity index (χ1n) is 10.0. The molecule has 1 aliphatic heterocycles. The van der Waals surface area contributed by atoms with Gasteiger partial charge in [-0.05, 0) is 44.5 Å². The Kier molecular flexibility index (Phi) is 7.20. The highest BCUT2D eigenvalue weighted by Gasteiger charge is 2.30. The molecule has 0 atom stereocenters. The van der Waals surface area contributed by atoms with Crippen molar-refractivity contribution in [2.75, 3.05) is 39.3 Å². The first-order valence-corrected chi connectivity index (χ1v) is 11.8. The summed E-state index contributed by atoms with van der Waals surface area (Å²) >= 11 is 5.93. The summed E-state index contributed by atoms with van der Waals surface area (Å²) in [6.07, 6.45) is 0. The average molecular weight is 468 g/mol. The van der Waals surface area contributed by atoms with E-state index in [0.29, 0.717) is 40.6 Å². The smallest absolute Gasteiger partial charge is 0.340 e. The van der Waals surface area contributed by atoms with E-state index < -0.39 is 16.0 Å². The van der Waals surface area contributed by atoms with Crippen LogP contribution in [0.5, 0.6) is 0 Å². The minimum atomic E-state index is -3.63. The van der Waals surface area contributed by atoms with Crippen molar-refractivity contribution in [1.82, 2.24) is 14.2 Å². The fourth-order valence-corrected chi connectivity index (χ4v) is 5.45. The Bertz CT molecular complexity index is 1090. The molecule has 1 aliphatic rings. The van der Waals surface area contributed by atoms with Gasteiger partial charge in [0.05, 0.1) is 29.3 Å². The fraction of sp³-hybridized carbons (Fsp3) is 0.429. The van der Waals surface area contributed by atoms with Gasteiger partial charge in [-0.15, -0.1) is 0 Å². The Morgan fingerprint density at radius 1 is 1.16 bits per heavy atom. The van der Waals surface area contributed by atoms with Crippen LogP contribution in [0, 0.1) is 13.8 Å². The van der Waals surface area contributed by atoms with E-state index in [-0.39, 0.29) is 36.9 Å². The number of aromatic amines is 1. The third kappa shape index (κ3) is 5.01. The molecular weight excluding hydrogens is 442 g/mol. The quantitative estimate of drug-likeness (QED) is 0.496. The standard InChI is InChI=1S/C21H26ClN3O5S/c1-4-30-21(27)19-14(2)20(23-15(19)3)18(26)13-24-8-10-25(11-9-24)31(28,29)17-7-5-6-16(22)12-17/h5-7,12,23H,4,8-11,13H2,1-3H3. The number of aryl methyl sites for hydroxylation is 1. The third-order valence-electron chi connectivity index (χ3n) is 5.33. The second-order valence-corrected chi connectivity index (χ2v) is 9.78. The molecule has 0 spiro atoms. The molecule has 10 heteroatoms. The number of rotatable bonds is 7. The lowest BCUT2D eigenvalue weighted by Crippen LogP contribution is -2.49. The second-order valence-electron chi connectivity index (χ2n) is 7.41. The molecular formula is C21H26ClN3O5S. The number of aromatic nitrogens is 1. The Labute approximate surface area is 187 Å². The maximum atomic E-state index is 12.8. The van der Waals surface area contributed by atoms with Crippen molar-refractivity contribution in [3.05, 3.63) is 51.8 Å². The van der Waals surface area contributed by atoms with Crippen LogP contribution in [0.25, 0.3) is 0 Å². The number of carbonyl (C=O) groups is 2. The Hall–Kier alpha value is -2.20. The van der Waals surface area contributed by atoms with Crippen LogP contribution in [0.3, 0.4) is 0 Å². The number of benzene rings is 1. The Morgan fingerprint density at radius 3 is 2.45 bits per heavy atom. The molecule has 0 bridgehead atoms. The number of esters is 1. The van der Waals surface area contributed by atoms with Gasteiger partial charge >= 0.3 is 5.97 Å². The van der Waals surface area contributed by atoms with Crippen LogP contribution >= 0.6 is 11.6 Å². The van der Waals surface area contributed by atoms with Crippen molar-refractivity contribution in [3.8, 4) is 0 Å². The van der Waals surface area contributed by atoms with E-state index in [1.165, 1.54) is 16.4 Å². The van der Waals surface area contributed by atoms with Crippen LogP contribution in [0.4, 0.5) is 0 Å². The number of halogens is 1. The van der Waals surface area contributed by atoms with Crippen LogP contribution in [-0.4, -0.2) is 73.7 Å². The number of Topliss-reactive ketones (excluding diaryl/α,β-unsaturated/α-hetero) is 1. The van der Waals surface area contributed by atoms with Gasteiger partial charge in [0.25, 0.3) is 0 Å². The van der Waals surface area contributed by atoms with Gasteiger partial charge in [0.2, 0.25) is 10.0 Å². The molecule has 1 saturated heterocycles. The van der Waals surface area contributed by atoms with Gasteiger partial charge in [-0.1, -0.05) is 17.7 Å². The minimum absolute atomic E-state index is 0.133. The first kappa shape index (κ1) is 23.5. The molecule has 0 saturated carbocycles. The minimum Gasteiger partial charge on any atom is -0.462 e. The maximum absolute atomic E-state index is 12.8.